The van der Waals surface area contributed by atoms with Crippen LogP contribution in [0.5, 0.6) is 0 Å². The molecule has 1 heterocycles. The van der Waals surface area contributed by atoms with Crippen LogP contribution in [0.3, 0.4) is 0 Å². The van der Waals surface area contributed by atoms with Crippen molar-refractivity contribution in [1.82, 2.24) is 0 Å². The van der Waals surface area contributed by atoms with Crippen LogP contribution < -0.4 is 0 Å². The first-order valence-electron chi connectivity index (χ1n) is 11.0. The Morgan fingerprint density at radius 3 is 2.29 bits per heavy atom. The zero-order valence-electron chi connectivity index (χ0n) is 18.2. The number of ether oxygens (including phenoxy) is 1. The van der Waals surface area contributed by atoms with Crippen LogP contribution in [-0.2, 0) is 19.1 Å². The number of carbonyl (C=O) groups is 3. The molecule has 2 fully saturated rings. The molecule has 3 rings (SSSR count). The van der Waals surface area contributed by atoms with Crippen molar-refractivity contribution < 1.29 is 19.1 Å². The molecular weight excluding hydrogens is 352 g/mol. The number of aldehydes is 1. The highest BCUT2D eigenvalue weighted by molar-refractivity contribution is 6.06. The fraction of sp³-hybridized carbons (Fsp3) is 0.792. The molecule has 1 aliphatic heterocycles. The number of hydrogen-bond acceptors (Lipinski definition) is 4. The summed E-state index contributed by atoms with van der Waals surface area (Å²) in [5.41, 5.74) is 0.328. The first-order chi connectivity index (χ1) is 13.1. The Labute approximate surface area is 169 Å². The van der Waals surface area contributed by atoms with Crippen LogP contribution in [-0.4, -0.2) is 24.0 Å². The Morgan fingerprint density at radius 2 is 1.71 bits per heavy atom. The number of allylic oxidation sites excluding steroid dienone is 2. The maximum Gasteiger partial charge on any atom is 0.149 e. The van der Waals surface area contributed by atoms with E-state index in [2.05, 4.69) is 20.8 Å². The van der Waals surface area contributed by atoms with E-state index in [1.165, 1.54) is 0 Å². The predicted molar refractivity (Wildman–Crippen MR) is 109 cm³/mol. The number of ketones is 2. The summed E-state index contributed by atoms with van der Waals surface area (Å²) in [6.45, 7) is 10.5. The highest BCUT2D eigenvalue weighted by atomic mass is 16.5. The van der Waals surface area contributed by atoms with Gasteiger partial charge in [-0.05, 0) is 30.1 Å². The third-order valence-electron chi connectivity index (χ3n) is 7.27. The summed E-state index contributed by atoms with van der Waals surface area (Å²) in [7, 11) is 0. The molecule has 0 aromatic carbocycles. The van der Waals surface area contributed by atoms with Crippen LogP contribution in [0.15, 0.2) is 11.3 Å². The van der Waals surface area contributed by atoms with E-state index in [0.717, 1.165) is 44.1 Å². The lowest BCUT2D eigenvalue weighted by atomic mass is 9.60. The van der Waals surface area contributed by atoms with E-state index in [4.69, 9.17) is 4.74 Å². The smallest absolute Gasteiger partial charge is 0.149 e. The third kappa shape index (κ3) is 4.11. The van der Waals surface area contributed by atoms with E-state index >= 15 is 0 Å². The zero-order valence-corrected chi connectivity index (χ0v) is 18.2. The van der Waals surface area contributed by atoms with Gasteiger partial charge in [0.25, 0.3) is 0 Å². The van der Waals surface area contributed by atoms with Gasteiger partial charge in [0.05, 0.1) is 5.92 Å². The Morgan fingerprint density at radius 1 is 1.11 bits per heavy atom. The number of Topliss-reactive ketones (excluding diaryl/α,β-unsaturated/α-hetero) is 2. The second kappa shape index (κ2) is 7.76. The summed E-state index contributed by atoms with van der Waals surface area (Å²) in [4.78, 5) is 38.5. The monoisotopic (exact) mass is 388 g/mol. The molecule has 0 bridgehead atoms. The number of carbonyl (C=O) groups excluding carboxylic acids is 3. The SMILES string of the molecule is CCC(C)(C)CC1=C(C=O)C(C2C(=O)CC(C)(C)CC2=O)C2CCCCC2O1. The lowest BCUT2D eigenvalue weighted by Gasteiger charge is -2.47. The van der Waals surface area contributed by atoms with E-state index < -0.39 is 5.92 Å². The van der Waals surface area contributed by atoms with Crippen LogP contribution in [0.2, 0.25) is 0 Å². The van der Waals surface area contributed by atoms with Crippen molar-refractivity contribution in [2.24, 2.45) is 28.6 Å². The molecule has 156 valence electrons. The molecule has 3 aliphatic rings. The lowest BCUT2D eigenvalue weighted by Crippen LogP contribution is -2.49. The van der Waals surface area contributed by atoms with E-state index in [0.29, 0.717) is 24.8 Å². The van der Waals surface area contributed by atoms with Crippen molar-refractivity contribution in [3.63, 3.8) is 0 Å². The van der Waals surface area contributed by atoms with E-state index in [1.54, 1.807) is 0 Å². The topological polar surface area (TPSA) is 60.4 Å². The average molecular weight is 389 g/mol. The minimum absolute atomic E-state index is 0.0121. The molecule has 4 nitrogen and oxygen atoms in total. The van der Waals surface area contributed by atoms with Gasteiger partial charge in [-0.1, -0.05) is 47.5 Å². The summed E-state index contributed by atoms with van der Waals surface area (Å²) in [6, 6.07) is 0. The molecule has 3 atom stereocenters. The van der Waals surface area contributed by atoms with Gasteiger partial charge in [0.2, 0.25) is 0 Å². The Balaban J connectivity index is 2.04. The van der Waals surface area contributed by atoms with Crippen molar-refractivity contribution in [1.29, 1.82) is 0 Å². The van der Waals surface area contributed by atoms with Gasteiger partial charge in [-0.3, -0.25) is 14.4 Å². The lowest BCUT2D eigenvalue weighted by molar-refractivity contribution is -0.144. The summed E-state index contributed by atoms with van der Waals surface area (Å²) < 4.78 is 6.39. The van der Waals surface area contributed by atoms with Gasteiger partial charge in [0.1, 0.15) is 29.7 Å². The molecule has 3 unspecified atom stereocenters. The molecule has 0 amide bonds. The van der Waals surface area contributed by atoms with E-state index in [9.17, 15) is 14.4 Å². The van der Waals surface area contributed by atoms with E-state index in [1.807, 2.05) is 13.8 Å². The molecule has 2 aliphatic carbocycles. The molecule has 4 heteroatoms. The molecule has 0 aromatic rings. The van der Waals surface area contributed by atoms with Gasteiger partial charge in [-0.2, -0.15) is 0 Å². The fourth-order valence-electron chi connectivity index (χ4n) is 5.43. The maximum absolute atomic E-state index is 13.1. The number of fused-ring (bicyclic) bond motifs is 1. The molecule has 2 saturated carbocycles. The van der Waals surface area contributed by atoms with Crippen molar-refractivity contribution in [3.05, 3.63) is 11.3 Å². The van der Waals surface area contributed by atoms with Crippen molar-refractivity contribution >= 4 is 17.9 Å². The summed E-state index contributed by atoms with van der Waals surface area (Å²) in [5.74, 6) is -0.0865. The Kier molecular flexibility index (Phi) is 5.89. The molecule has 0 aromatic heterocycles. The molecule has 0 radical (unpaired) electrons. The molecule has 0 saturated heterocycles. The standard InChI is InChI=1S/C24H36O4/c1-6-23(2,3)13-20-16(14-25)21(15-9-7-8-10-19(15)28-20)22-17(26)11-24(4,5)12-18(22)27/h14-15,19,21-22H,6-13H2,1-5H3. The number of rotatable bonds is 5. The maximum atomic E-state index is 13.1. The van der Waals surface area contributed by atoms with Crippen LogP contribution >= 0.6 is 0 Å². The van der Waals surface area contributed by atoms with Crippen molar-refractivity contribution in [3.8, 4) is 0 Å². The van der Waals surface area contributed by atoms with Crippen LogP contribution in [0.25, 0.3) is 0 Å². The quantitative estimate of drug-likeness (QED) is 0.489. The first kappa shape index (κ1) is 21.3. The predicted octanol–water partition coefficient (Wildman–Crippen LogP) is 5.05. The van der Waals surface area contributed by atoms with Gasteiger partial charge in [0, 0.05) is 36.7 Å². The highest BCUT2D eigenvalue weighted by Crippen LogP contribution is 2.50. The molecule has 0 spiro atoms. The Bertz CT molecular complexity index is 665. The van der Waals surface area contributed by atoms with Gasteiger partial charge >= 0.3 is 0 Å². The summed E-state index contributed by atoms with van der Waals surface area (Å²) in [5, 5.41) is 0. The van der Waals surface area contributed by atoms with Gasteiger partial charge in [-0.25, -0.2) is 0 Å². The fourth-order valence-corrected chi connectivity index (χ4v) is 5.43. The summed E-state index contributed by atoms with van der Waals surface area (Å²) >= 11 is 0. The molecule has 28 heavy (non-hydrogen) atoms. The van der Waals surface area contributed by atoms with Crippen LogP contribution in [0.1, 0.15) is 86.0 Å². The number of hydrogen-bond donors (Lipinski definition) is 0. The molecular formula is C24H36O4. The first-order valence-corrected chi connectivity index (χ1v) is 11.0. The second-order valence-corrected chi connectivity index (χ2v) is 10.7. The highest BCUT2D eigenvalue weighted by Gasteiger charge is 2.51. The Hall–Kier alpha value is -1.45. The van der Waals surface area contributed by atoms with Crippen LogP contribution in [0, 0.1) is 28.6 Å². The van der Waals surface area contributed by atoms with Crippen LogP contribution in [0.4, 0.5) is 0 Å². The van der Waals surface area contributed by atoms with Crippen molar-refractivity contribution in [2.45, 2.75) is 92.1 Å². The summed E-state index contributed by atoms with van der Waals surface area (Å²) in [6.07, 6.45) is 7.45. The molecule has 0 N–H and O–H groups in total. The van der Waals surface area contributed by atoms with Gasteiger partial charge in [0.15, 0.2) is 0 Å². The van der Waals surface area contributed by atoms with Crippen molar-refractivity contribution in [2.75, 3.05) is 0 Å². The zero-order chi connectivity index (χ0) is 20.7. The third-order valence-corrected chi connectivity index (χ3v) is 7.27. The second-order valence-electron chi connectivity index (χ2n) is 10.7. The van der Waals surface area contributed by atoms with Gasteiger partial charge < -0.3 is 4.74 Å². The van der Waals surface area contributed by atoms with Gasteiger partial charge in [-0.15, -0.1) is 0 Å². The minimum atomic E-state index is -0.664. The minimum Gasteiger partial charge on any atom is -0.494 e. The average Bonchev–Trinajstić information content (AvgIpc) is 2.59. The largest absolute Gasteiger partial charge is 0.494 e. The van der Waals surface area contributed by atoms with E-state index in [-0.39, 0.29) is 40.3 Å². The normalized spacial score (nSPS) is 31.4.